The van der Waals surface area contributed by atoms with Gasteiger partial charge in [0.2, 0.25) is 0 Å². The van der Waals surface area contributed by atoms with Gasteiger partial charge in [0.15, 0.2) is 0 Å². The fourth-order valence-electron chi connectivity index (χ4n) is 4.57. The third-order valence-corrected chi connectivity index (χ3v) is 6.62. The molecule has 0 saturated heterocycles. The van der Waals surface area contributed by atoms with Crippen molar-refractivity contribution in [3.63, 3.8) is 0 Å². The summed E-state index contributed by atoms with van der Waals surface area (Å²) in [4.78, 5) is 36.5. The Bertz CT molecular complexity index is 1080. The average Bonchev–Trinajstić information content (AvgIpc) is 2.90. The Kier molecular flexibility index (Phi) is 11.2. The van der Waals surface area contributed by atoms with E-state index in [4.69, 9.17) is 25.7 Å². The van der Waals surface area contributed by atoms with Crippen molar-refractivity contribution in [1.82, 2.24) is 0 Å². The maximum Gasteiger partial charge on any atom is 0.338 e. The largest absolute Gasteiger partial charge is 0.463 e. The maximum atomic E-state index is 12.5. The van der Waals surface area contributed by atoms with Gasteiger partial charge in [-0.25, -0.2) is 9.59 Å². The van der Waals surface area contributed by atoms with Crippen LogP contribution in [-0.4, -0.2) is 31.1 Å². The van der Waals surface area contributed by atoms with E-state index in [9.17, 15) is 14.4 Å². The molecule has 1 saturated carbocycles. The lowest BCUT2D eigenvalue weighted by Gasteiger charge is -2.26. The molecule has 1 aliphatic carbocycles. The second-order valence-corrected chi connectivity index (χ2v) is 9.73. The van der Waals surface area contributed by atoms with Gasteiger partial charge in [-0.1, -0.05) is 31.9 Å². The van der Waals surface area contributed by atoms with Crippen LogP contribution >= 0.6 is 0 Å². The first-order chi connectivity index (χ1) is 18.3. The van der Waals surface area contributed by atoms with Gasteiger partial charge >= 0.3 is 17.9 Å². The van der Waals surface area contributed by atoms with Crippen molar-refractivity contribution in [2.24, 2.45) is 11.8 Å². The topological polar surface area (TPSA) is 131 Å². The van der Waals surface area contributed by atoms with Crippen molar-refractivity contribution in [3.05, 3.63) is 59.7 Å². The fraction of sp³-hybridized carbons (Fsp3) is 0.433. The van der Waals surface area contributed by atoms with Crippen LogP contribution in [-0.2, 0) is 19.1 Å². The number of rotatable bonds is 12. The van der Waals surface area contributed by atoms with Gasteiger partial charge in [0.05, 0.1) is 24.7 Å². The molecule has 38 heavy (non-hydrogen) atoms. The highest BCUT2D eigenvalue weighted by Gasteiger charge is 2.27. The Labute approximate surface area is 224 Å². The van der Waals surface area contributed by atoms with E-state index in [0.29, 0.717) is 35.5 Å². The van der Waals surface area contributed by atoms with Crippen molar-refractivity contribution in [2.45, 2.75) is 58.3 Å². The molecule has 2 aromatic rings. The molecule has 1 fully saturated rings. The molecule has 0 heterocycles. The summed E-state index contributed by atoms with van der Waals surface area (Å²) in [7, 11) is 0. The fourth-order valence-corrected chi connectivity index (χ4v) is 4.57. The van der Waals surface area contributed by atoms with E-state index in [0.717, 1.165) is 37.2 Å². The van der Waals surface area contributed by atoms with Crippen LogP contribution in [0.15, 0.2) is 48.5 Å². The highest BCUT2D eigenvalue weighted by Crippen LogP contribution is 2.32. The van der Waals surface area contributed by atoms with Gasteiger partial charge < -0.3 is 25.7 Å². The van der Waals surface area contributed by atoms with E-state index in [-0.39, 0.29) is 25.1 Å². The quantitative estimate of drug-likeness (QED) is 0.122. The summed E-state index contributed by atoms with van der Waals surface area (Å²) in [6.45, 7) is 2.60. The van der Waals surface area contributed by atoms with Crippen LogP contribution in [0.4, 0.5) is 11.4 Å². The van der Waals surface area contributed by atoms with Crippen molar-refractivity contribution in [3.8, 4) is 5.75 Å². The van der Waals surface area contributed by atoms with Gasteiger partial charge in [0.25, 0.3) is 0 Å². The zero-order chi connectivity index (χ0) is 27.3. The summed E-state index contributed by atoms with van der Waals surface area (Å²) in [5, 5.41) is 0. The summed E-state index contributed by atoms with van der Waals surface area (Å²) >= 11 is 0. The van der Waals surface area contributed by atoms with E-state index in [1.807, 2.05) is 0 Å². The molecule has 8 heteroatoms. The van der Waals surface area contributed by atoms with E-state index in [1.165, 1.54) is 31.1 Å². The Balaban J connectivity index is 1.30. The Hall–Kier alpha value is -3.81. The van der Waals surface area contributed by atoms with Gasteiger partial charge in [-0.2, -0.15) is 0 Å². The molecule has 0 spiro atoms. The van der Waals surface area contributed by atoms with E-state index < -0.39 is 11.9 Å². The number of anilines is 2. The van der Waals surface area contributed by atoms with Crippen LogP contribution in [0.3, 0.4) is 0 Å². The van der Waals surface area contributed by atoms with Crippen LogP contribution in [0, 0.1) is 11.8 Å². The monoisotopic (exact) mass is 522 g/mol. The second-order valence-electron chi connectivity index (χ2n) is 9.73. The minimum absolute atomic E-state index is 0.0212. The molecule has 1 aliphatic rings. The number of carbonyl (C=O) groups is 3. The van der Waals surface area contributed by atoms with Crippen molar-refractivity contribution >= 4 is 35.4 Å². The maximum absolute atomic E-state index is 12.5. The summed E-state index contributed by atoms with van der Waals surface area (Å²) in [5.74, 6) is 0.104. The zero-order valence-electron chi connectivity index (χ0n) is 22.0. The zero-order valence-corrected chi connectivity index (χ0v) is 22.0. The van der Waals surface area contributed by atoms with Crippen molar-refractivity contribution < 1.29 is 28.6 Å². The minimum atomic E-state index is -0.501. The van der Waals surface area contributed by atoms with Gasteiger partial charge in [-0.3, -0.25) is 4.79 Å². The molecule has 4 N–H and O–H groups in total. The number of unbranched alkanes of at least 4 members (excludes halogenated alkanes) is 1. The first-order valence-corrected chi connectivity index (χ1v) is 13.3. The SMILES string of the molecule is CCCC1CCC(C(=O)Oc2ccc(/C=C/C(=O)OCCCCOC(=O)c3cc(N)cc(N)c3)cc2)CC1. The van der Waals surface area contributed by atoms with Gasteiger partial charge in [-0.05, 0) is 86.4 Å². The molecule has 0 bridgehead atoms. The third-order valence-electron chi connectivity index (χ3n) is 6.62. The predicted octanol–water partition coefficient (Wildman–Crippen LogP) is 5.56. The number of hydrogen-bond donors (Lipinski definition) is 2. The van der Waals surface area contributed by atoms with Crippen molar-refractivity contribution in [1.29, 1.82) is 0 Å². The number of ether oxygens (including phenoxy) is 3. The van der Waals surface area contributed by atoms with Crippen LogP contribution in [0.1, 0.15) is 74.2 Å². The Morgan fingerprint density at radius 3 is 2.16 bits per heavy atom. The molecule has 0 unspecified atom stereocenters. The molecule has 0 radical (unpaired) electrons. The normalized spacial score (nSPS) is 17.2. The predicted molar refractivity (Wildman–Crippen MR) is 147 cm³/mol. The summed E-state index contributed by atoms with van der Waals surface area (Å²) in [6.07, 6.45) is 10.5. The number of nitrogens with two attached hydrogens (primary N) is 2. The summed E-state index contributed by atoms with van der Waals surface area (Å²) < 4.78 is 15.9. The summed E-state index contributed by atoms with van der Waals surface area (Å²) in [6, 6.07) is 11.6. The minimum Gasteiger partial charge on any atom is -0.463 e. The lowest BCUT2D eigenvalue weighted by atomic mass is 9.80. The molecule has 0 aromatic heterocycles. The number of nitrogen functional groups attached to an aromatic ring is 2. The van der Waals surface area contributed by atoms with Crippen molar-refractivity contribution in [2.75, 3.05) is 24.7 Å². The molecule has 0 aliphatic heterocycles. The van der Waals surface area contributed by atoms with E-state index in [2.05, 4.69) is 6.92 Å². The number of carbonyl (C=O) groups excluding carboxylic acids is 3. The Morgan fingerprint density at radius 1 is 0.895 bits per heavy atom. The van der Waals surface area contributed by atoms with Crippen LogP contribution in [0.2, 0.25) is 0 Å². The molecule has 3 rings (SSSR count). The van der Waals surface area contributed by atoms with Gasteiger partial charge in [-0.15, -0.1) is 0 Å². The average molecular weight is 523 g/mol. The highest BCUT2D eigenvalue weighted by atomic mass is 16.5. The second kappa shape index (κ2) is 14.8. The number of hydrogen-bond acceptors (Lipinski definition) is 8. The molecule has 8 nitrogen and oxygen atoms in total. The molecule has 204 valence electrons. The first kappa shape index (κ1) is 28.8. The van der Waals surface area contributed by atoms with Crippen LogP contribution in [0.25, 0.3) is 6.08 Å². The van der Waals surface area contributed by atoms with E-state index in [1.54, 1.807) is 36.4 Å². The number of esters is 3. The molecule has 0 atom stereocenters. The van der Waals surface area contributed by atoms with Crippen LogP contribution < -0.4 is 16.2 Å². The van der Waals surface area contributed by atoms with E-state index >= 15 is 0 Å². The molecule has 2 aromatic carbocycles. The summed E-state index contributed by atoms with van der Waals surface area (Å²) in [5.41, 5.74) is 13.2. The first-order valence-electron chi connectivity index (χ1n) is 13.3. The highest BCUT2D eigenvalue weighted by molar-refractivity contribution is 5.91. The van der Waals surface area contributed by atoms with Gasteiger partial charge in [0.1, 0.15) is 5.75 Å². The van der Waals surface area contributed by atoms with Gasteiger partial charge in [0, 0.05) is 17.5 Å². The molecule has 0 amide bonds. The van der Waals surface area contributed by atoms with Crippen LogP contribution in [0.5, 0.6) is 5.75 Å². The third kappa shape index (κ3) is 9.57. The smallest absolute Gasteiger partial charge is 0.338 e. The molecular weight excluding hydrogens is 484 g/mol. The Morgan fingerprint density at radius 2 is 1.53 bits per heavy atom. The number of benzene rings is 2. The molecular formula is C30H38N2O6. The lowest BCUT2D eigenvalue weighted by Crippen LogP contribution is -2.25. The lowest BCUT2D eigenvalue weighted by molar-refractivity contribution is -0.140. The standard InChI is InChI=1S/C30H38N2O6/c1-2-5-21-6-11-23(12-7-21)30(35)38-27-13-8-22(9-14-27)10-15-28(33)36-16-3-4-17-37-29(34)24-18-25(31)20-26(32)19-24/h8-10,13-15,18-21,23H,2-7,11-12,16-17,31-32H2,1H3/b15-10+.